The van der Waals surface area contributed by atoms with E-state index in [2.05, 4.69) is 31.0 Å². The Hall–Kier alpha value is -1.22. The second-order valence-corrected chi connectivity index (χ2v) is 5.35. The van der Waals surface area contributed by atoms with Crippen molar-refractivity contribution in [2.45, 2.75) is 32.2 Å². The number of benzene rings is 1. The second-order valence-electron chi connectivity index (χ2n) is 5.35. The Kier molecular flexibility index (Phi) is 3.16. The predicted molar refractivity (Wildman–Crippen MR) is 71.4 cm³/mol. The monoisotopic (exact) mass is 247 g/mol. The lowest BCUT2D eigenvalue weighted by molar-refractivity contribution is 0.296. The molecule has 1 aromatic rings. The van der Waals surface area contributed by atoms with Gasteiger partial charge in [0, 0.05) is 12.5 Å². The van der Waals surface area contributed by atoms with Crippen LogP contribution in [0.25, 0.3) is 0 Å². The summed E-state index contributed by atoms with van der Waals surface area (Å²) in [6, 6.07) is 4.99. The predicted octanol–water partition coefficient (Wildman–Crippen LogP) is 2.92. The van der Waals surface area contributed by atoms with E-state index in [4.69, 9.17) is 9.47 Å². The van der Waals surface area contributed by atoms with Crippen LogP contribution in [0.15, 0.2) is 12.1 Å². The summed E-state index contributed by atoms with van der Waals surface area (Å²) in [5, 5.41) is 0. The van der Waals surface area contributed by atoms with E-state index < -0.39 is 0 Å². The summed E-state index contributed by atoms with van der Waals surface area (Å²) in [5.74, 6) is 1.87. The summed E-state index contributed by atoms with van der Waals surface area (Å²) in [6.07, 6.45) is 3.50. The molecular formula is C15H21NO2. The molecule has 1 aromatic carbocycles. The number of nitrogens with zero attached hydrogens (tertiary/aromatic N) is 1. The van der Waals surface area contributed by atoms with Crippen LogP contribution in [0.1, 0.15) is 36.4 Å². The fourth-order valence-corrected chi connectivity index (χ4v) is 3.00. The Balaban J connectivity index is 1.97. The average Bonchev–Trinajstić information content (AvgIpc) is 2.63. The van der Waals surface area contributed by atoms with Crippen LogP contribution in [0, 0.1) is 6.92 Å². The molecule has 3 nitrogen and oxygen atoms in total. The third kappa shape index (κ3) is 2.07. The van der Waals surface area contributed by atoms with Crippen molar-refractivity contribution in [1.82, 2.24) is 4.90 Å². The lowest BCUT2D eigenvalue weighted by atomic mass is 10.0. The minimum Gasteiger partial charge on any atom is -0.490 e. The lowest BCUT2D eigenvalue weighted by Gasteiger charge is -2.22. The SMILES string of the molecule is Cc1cc(C2CCCN2C)cc2c1OCCCO2. The van der Waals surface area contributed by atoms with Gasteiger partial charge in [0.25, 0.3) is 0 Å². The summed E-state index contributed by atoms with van der Waals surface area (Å²) < 4.78 is 11.6. The molecule has 2 heterocycles. The van der Waals surface area contributed by atoms with Gasteiger partial charge >= 0.3 is 0 Å². The van der Waals surface area contributed by atoms with Gasteiger partial charge < -0.3 is 9.47 Å². The molecule has 0 spiro atoms. The highest BCUT2D eigenvalue weighted by atomic mass is 16.5. The molecular weight excluding hydrogens is 226 g/mol. The highest BCUT2D eigenvalue weighted by molar-refractivity contribution is 5.50. The standard InChI is InChI=1S/C15H21NO2/c1-11-9-12(13-5-3-6-16(13)2)10-14-15(11)18-8-4-7-17-14/h9-10,13H,3-8H2,1-2H3. The summed E-state index contributed by atoms with van der Waals surface area (Å²) in [6.45, 7) is 4.83. The van der Waals surface area contributed by atoms with Crippen LogP contribution in [0.5, 0.6) is 11.5 Å². The van der Waals surface area contributed by atoms with Crippen LogP contribution in [0.4, 0.5) is 0 Å². The van der Waals surface area contributed by atoms with Crippen molar-refractivity contribution in [1.29, 1.82) is 0 Å². The van der Waals surface area contributed by atoms with Crippen molar-refractivity contribution in [3.63, 3.8) is 0 Å². The molecule has 18 heavy (non-hydrogen) atoms. The largest absolute Gasteiger partial charge is 0.490 e. The summed E-state index contributed by atoms with van der Waals surface area (Å²) >= 11 is 0. The maximum absolute atomic E-state index is 5.82. The fourth-order valence-electron chi connectivity index (χ4n) is 3.00. The van der Waals surface area contributed by atoms with Gasteiger partial charge in [-0.1, -0.05) is 6.07 Å². The van der Waals surface area contributed by atoms with Gasteiger partial charge in [-0.2, -0.15) is 0 Å². The van der Waals surface area contributed by atoms with Crippen LogP contribution in [0.3, 0.4) is 0 Å². The second kappa shape index (κ2) is 4.81. The molecule has 3 heteroatoms. The molecule has 0 aliphatic carbocycles. The van der Waals surface area contributed by atoms with Gasteiger partial charge in [0.05, 0.1) is 13.2 Å². The third-order valence-electron chi connectivity index (χ3n) is 3.96. The molecule has 0 amide bonds. The Morgan fingerprint density at radius 1 is 1.17 bits per heavy atom. The molecule has 3 rings (SSSR count). The quantitative estimate of drug-likeness (QED) is 0.761. The first-order valence-corrected chi connectivity index (χ1v) is 6.86. The van der Waals surface area contributed by atoms with Gasteiger partial charge in [0.2, 0.25) is 0 Å². The zero-order valence-electron chi connectivity index (χ0n) is 11.2. The molecule has 1 saturated heterocycles. The minimum absolute atomic E-state index is 0.542. The van der Waals surface area contributed by atoms with Gasteiger partial charge in [-0.15, -0.1) is 0 Å². The zero-order chi connectivity index (χ0) is 12.5. The number of hydrogen-bond donors (Lipinski definition) is 0. The molecule has 0 bridgehead atoms. The number of rotatable bonds is 1. The summed E-state index contributed by atoms with van der Waals surface area (Å²) in [5.41, 5.74) is 2.57. The van der Waals surface area contributed by atoms with Crippen LogP contribution < -0.4 is 9.47 Å². The van der Waals surface area contributed by atoms with E-state index >= 15 is 0 Å². The van der Waals surface area contributed by atoms with E-state index in [0.717, 1.165) is 31.1 Å². The molecule has 1 fully saturated rings. The smallest absolute Gasteiger partial charge is 0.164 e. The first-order valence-electron chi connectivity index (χ1n) is 6.86. The van der Waals surface area contributed by atoms with E-state index in [-0.39, 0.29) is 0 Å². The van der Waals surface area contributed by atoms with E-state index in [9.17, 15) is 0 Å². The molecule has 0 N–H and O–H groups in total. The van der Waals surface area contributed by atoms with E-state index in [1.165, 1.54) is 30.5 Å². The van der Waals surface area contributed by atoms with Crippen molar-refractivity contribution >= 4 is 0 Å². The first-order chi connectivity index (χ1) is 8.75. The van der Waals surface area contributed by atoms with E-state index in [1.54, 1.807) is 0 Å². The molecule has 1 atom stereocenters. The van der Waals surface area contributed by atoms with Gasteiger partial charge in [0.1, 0.15) is 0 Å². The zero-order valence-corrected chi connectivity index (χ0v) is 11.2. The normalized spacial score (nSPS) is 24.0. The van der Waals surface area contributed by atoms with Gasteiger partial charge in [-0.3, -0.25) is 4.90 Å². The van der Waals surface area contributed by atoms with Gasteiger partial charge in [-0.05, 0) is 50.6 Å². The maximum Gasteiger partial charge on any atom is 0.164 e. The molecule has 0 saturated carbocycles. The Bertz CT molecular complexity index is 444. The van der Waals surface area contributed by atoms with Crippen molar-refractivity contribution < 1.29 is 9.47 Å². The molecule has 1 unspecified atom stereocenters. The highest BCUT2D eigenvalue weighted by Gasteiger charge is 2.25. The molecule has 2 aliphatic rings. The molecule has 0 radical (unpaired) electrons. The molecule has 98 valence electrons. The molecule has 0 aromatic heterocycles. The van der Waals surface area contributed by atoms with E-state index in [0.29, 0.717) is 6.04 Å². The van der Waals surface area contributed by atoms with Crippen molar-refractivity contribution in [2.24, 2.45) is 0 Å². The number of hydrogen-bond acceptors (Lipinski definition) is 3. The van der Waals surface area contributed by atoms with Gasteiger partial charge in [-0.25, -0.2) is 0 Å². The van der Waals surface area contributed by atoms with Crippen molar-refractivity contribution in [3.8, 4) is 11.5 Å². The Morgan fingerprint density at radius 2 is 2.00 bits per heavy atom. The lowest BCUT2D eigenvalue weighted by Crippen LogP contribution is -2.17. The Morgan fingerprint density at radius 3 is 2.78 bits per heavy atom. The van der Waals surface area contributed by atoms with Crippen LogP contribution in [0.2, 0.25) is 0 Å². The number of likely N-dealkylation sites (tertiary alicyclic amines) is 1. The third-order valence-corrected chi connectivity index (χ3v) is 3.96. The summed E-state index contributed by atoms with van der Waals surface area (Å²) in [7, 11) is 2.20. The number of ether oxygens (including phenoxy) is 2. The number of fused-ring (bicyclic) bond motifs is 1. The van der Waals surface area contributed by atoms with Gasteiger partial charge in [0.15, 0.2) is 11.5 Å². The van der Waals surface area contributed by atoms with Crippen LogP contribution in [-0.4, -0.2) is 31.7 Å². The van der Waals surface area contributed by atoms with Crippen molar-refractivity contribution in [3.05, 3.63) is 23.3 Å². The number of aryl methyl sites for hydroxylation is 1. The highest BCUT2D eigenvalue weighted by Crippen LogP contribution is 2.39. The van der Waals surface area contributed by atoms with Crippen LogP contribution >= 0.6 is 0 Å². The minimum atomic E-state index is 0.542. The van der Waals surface area contributed by atoms with E-state index in [1.807, 2.05) is 0 Å². The maximum atomic E-state index is 5.82. The topological polar surface area (TPSA) is 21.7 Å². The first kappa shape index (κ1) is 11.8. The Labute approximate surface area is 109 Å². The summed E-state index contributed by atoms with van der Waals surface area (Å²) in [4.78, 5) is 2.43. The average molecular weight is 247 g/mol. The molecule has 2 aliphatic heterocycles. The van der Waals surface area contributed by atoms with Crippen LogP contribution in [-0.2, 0) is 0 Å². The van der Waals surface area contributed by atoms with Crippen molar-refractivity contribution in [2.75, 3.05) is 26.8 Å². The fraction of sp³-hybridized carbons (Fsp3) is 0.600.